The molecular weight excluding hydrogens is 336 g/mol. The third-order valence-electron chi connectivity index (χ3n) is 3.67. The molecule has 0 spiro atoms. The van der Waals surface area contributed by atoms with Gasteiger partial charge in [-0.1, -0.05) is 0 Å². The minimum absolute atomic E-state index is 0.0730. The largest absolute Gasteiger partial charge is 0.450 e. The van der Waals surface area contributed by atoms with Crippen LogP contribution in [0.25, 0.3) is 0 Å². The molecule has 136 valence electrons. The maximum atomic E-state index is 13.1. The molecule has 1 saturated heterocycles. The highest BCUT2D eigenvalue weighted by Crippen LogP contribution is 2.13. The summed E-state index contributed by atoms with van der Waals surface area (Å²) in [7, 11) is 0. The summed E-state index contributed by atoms with van der Waals surface area (Å²) < 4.78 is 30.8. The summed E-state index contributed by atoms with van der Waals surface area (Å²) in [6, 6.07) is 2.94. The standard InChI is InChI=1S/C16H19F2N3O4/c1-2-25-16(24)21-7-5-20(6-8-21)15(23)10-14(22)19-11-3-4-12(17)13(18)9-11/h3-4,9H,2,5-8,10H2,1H3,(H,19,22). The average molecular weight is 355 g/mol. The van der Waals surface area contributed by atoms with Crippen molar-refractivity contribution in [1.82, 2.24) is 9.80 Å². The van der Waals surface area contributed by atoms with Gasteiger partial charge in [-0.15, -0.1) is 0 Å². The second-order valence-electron chi connectivity index (χ2n) is 5.42. The van der Waals surface area contributed by atoms with Crippen LogP contribution in [0.5, 0.6) is 0 Å². The lowest BCUT2D eigenvalue weighted by Gasteiger charge is -2.34. The molecule has 3 amide bonds. The number of benzene rings is 1. The summed E-state index contributed by atoms with van der Waals surface area (Å²) in [5.41, 5.74) is 0.0730. The SMILES string of the molecule is CCOC(=O)N1CCN(C(=O)CC(=O)Nc2ccc(F)c(F)c2)CC1. The van der Waals surface area contributed by atoms with Gasteiger partial charge in [0.15, 0.2) is 11.6 Å². The molecule has 7 nitrogen and oxygen atoms in total. The van der Waals surface area contributed by atoms with Crippen molar-refractivity contribution >= 4 is 23.6 Å². The summed E-state index contributed by atoms with van der Waals surface area (Å²) in [5.74, 6) is -3.12. The van der Waals surface area contributed by atoms with Crippen molar-refractivity contribution in [1.29, 1.82) is 0 Å². The van der Waals surface area contributed by atoms with Gasteiger partial charge in [-0.25, -0.2) is 13.6 Å². The van der Waals surface area contributed by atoms with E-state index in [0.29, 0.717) is 26.2 Å². The number of nitrogens with zero attached hydrogens (tertiary/aromatic N) is 2. The Morgan fingerprint density at radius 3 is 2.32 bits per heavy atom. The monoisotopic (exact) mass is 355 g/mol. The van der Waals surface area contributed by atoms with Crippen LogP contribution in [-0.2, 0) is 14.3 Å². The highest BCUT2D eigenvalue weighted by atomic mass is 19.2. The molecule has 1 fully saturated rings. The molecule has 1 aliphatic heterocycles. The first-order valence-electron chi connectivity index (χ1n) is 7.85. The predicted molar refractivity (Wildman–Crippen MR) is 84.8 cm³/mol. The number of carbonyl (C=O) groups is 3. The van der Waals surface area contributed by atoms with Crippen molar-refractivity contribution in [2.45, 2.75) is 13.3 Å². The molecule has 0 aromatic heterocycles. The Hall–Kier alpha value is -2.71. The number of piperazine rings is 1. The first-order valence-corrected chi connectivity index (χ1v) is 7.85. The average Bonchev–Trinajstić information content (AvgIpc) is 2.58. The van der Waals surface area contributed by atoms with Crippen LogP contribution >= 0.6 is 0 Å². The van der Waals surface area contributed by atoms with Crippen molar-refractivity contribution in [2.75, 3.05) is 38.1 Å². The van der Waals surface area contributed by atoms with E-state index in [9.17, 15) is 23.2 Å². The maximum Gasteiger partial charge on any atom is 0.409 e. The molecule has 0 saturated carbocycles. The molecule has 1 N–H and O–H groups in total. The Morgan fingerprint density at radius 1 is 1.08 bits per heavy atom. The van der Waals surface area contributed by atoms with Crippen LogP contribution in [0.3, 0.4) is 0 Å². The molecule has 1 aliphatic rings. The first kappa shape index (κ1) is 18.6. The van der Waals surface area contributed by atoms with Gasteiger partial charge >= 0.3 is 6.09 Å². The van der Waals surface area contributed by atoms with E-state index in [4.69, 9.17) is 4.74 Å². The fourth-order valence-electron chi connectivity index (χ4n) is 2.38. The topological polar surface area (TPSA) is 79.0 Å². The molecule has 0 aliphatic carbocycles. The van der Waals surface area contributed by atoms with Crippen LogP contribution in [0.4, 0.5) is 19.3 Å². The third-order valence-corrected chi connectivity index (χ3v) is 3.67. The van der Waals surface area contributed by atoms with Crippen LogP contribution in [0.1, 0.15) is 13.3 Å². The number of hydrogen-bond donors (Lipinski definition) is 1. The lowest BCUT2D eigenvalue weighted by molar-refractivity contribution is -0.135. The van der Waals surface area contributed by atoms with E-state index in [1.54, 1.807) is 6.92 Å². The van der Waals surface area contributed by atoms with Crippen LogP contribution < -0.4 is 5.32 Å². The Labute approximate surface area is 143 Å². The zero-order valence-corrected chi connectivity index (χ0v) is 13.8. The van der Waals surface area contributed by atoms with Gasteiger partial charge in [0.1, 0.15) is 6.42 Å². The van der Waals surface area contributed by atoms with Gasteiger partial charge in [0, 0.05) is 37.9 Å². The minimum atomic E-state index is -1.08. The second-order valence-corrected chi connectivity index (χ2v) is 5.42. The Morgan fingerprint density at radius 2 is 1.72 bits per heavy atom. The van der Waals surface area contributed by atoms with Gasteiger partial charge < -0.3 is 19.9 Å². The van der Waals surface area contributed by atoms with Crippen molar-refractivity contribution < 1.29 is 27.9 Å². The van der Waals surface area contributed by atoms with Crippen LogP contribution in [0, 0.1) is 11.6 Å². The third kappa shape index (κ3) is 5.13. The molecule has 1 aromatic rings. The van der Waals surface area contributed by atoms with Crippen LogP contribution in [0.2, 0.25) is 0 Å². The smallest absolute Gasteiger partial charge is 0.409 e. The van der Waals surface area contributed by atoms with Gasteiger partial charge in [-0.3, -0.25) is 9.59 Å². The molecular formula is C16H19F2N3O4. The van der Waals surface area contributed by atoms with Gasteiger partial charge in [0.05, 0.1) is 6.61 Å². The predicted octanol–water partition coefficient (Wildman–Crippen LogP) is 1.59. The van der Waals surface area contributed by atoms with E-state index < -0.39 is 36.0 Å². The van der Waals surface area contributed by atoms with E-state index in [1.165, 1.54) is 15.9 Å². The van der Waals surface area contributed by atoms with E-state index in [1.807, 2.05) is 0 Å². The molecule has 2 rings (SSSR count). The lowest BCUT2D eigenvalue weighted by atomic mass is 10.2. The molecule has 25 heavy (non-hydrogen) atoms. The molecule has 9 heteroatoms. The summed E-state index contributed by atoms with van der Waals surface area (Å²) in [4.78, 5) is 38.5. The van der Waals surface area contributed by atoms with Crippen molar-refractivity contribution in [3.8, 4) is 0 Å². The highest BCUT2D eigenvalue weighted by molar-refractivity contribution is 6.03. The maximum absolute atomic E-state index is 13.1. The van der Waals surface area contributed by atoms with Gasteiger partial charge in [0.25, 0.3) is 0 Å². The summed E-state index contributed by atoms with van der Waals surface area (Å²) in [5, 5.41) is 2.35. The van der Waals surface area contributed by atoms with Crippen molar-refractivity contribution in [3.05, 3.63) is 29.8 Å². The fraction of sp³-hybridized carbons (Fsp3) is 0.438. The number of hydrogen-bond acceptors (Lipinski definition) is 4. The lowest BCUT2D eigenvalue weighted by Crippen LogP contribution is -2.51. The number of carbonyl (C=O) groups excluding carboxylic acids is 3. The van der Waals surface area contributed by atoms with Crippen molar-refractivity contribution in [2.24, 2.45) is 0 Å². The molecule has 1 heterocycles. The molecule has 0 bridgehead atoms. The summed E-state index contributed by atoms with van der Waals surface area (Å²) >= 11 is 0. The zero-order chi connectivity index (χ0) is 18.4. The van der Waals surface area contributed by atoms with E-state index in [2.05, 4.69) is 5.32 Å². The molecule has 0 atom stereocenters. The number of halogens is 2. The normalized spacial score (nSPS) is 14.2. The Bertz CT molecular complexity index is 661. The summed E-state index contributed by atoms with van der Waals surface area (Å²) in [6.07, 6.45) is -0.844. The number of rotatable bonds is 4. The van der Waals surface area contributed by atoms with E-state index in [-0.39, 0.29) is 12.3 Å². The second kappa shape index (κ2) is 8.41. The van der Waals surface area contributed by atoms with Gasteiger partial charge in [0.2, 0.25) is 11.8 Å². The number of anilines is 1. The number of amides is 3. The number of ether oxygens (including phenoxy) is 1. The fourth-order valence-corrected chi connectivity index (χ4v) is 2.38. The Balaban J connectivity index is 1.81. The van der Waals surface area contributed by atoms with Gasteiger partial charge in [-0.2, -0.15) is 0 Å². The van der Waals surface area contributed by atoms with Crippen LogP contribution in [-0.4, -0.2) is 60.5 Å². The molecule has 0 radical (unpaired) electrons. The minimum Gasteiger partial charge on any atom is -0.450 e. The van der Waals surface area contributed by atoms with E-state index >= 15 is 0 Å². The van der Waals surface area contributed by atoms with E-state index in [0.717, 1.165) is 12.1 Å². The Kier molecular flexibility index (Phi) is 6.26. The zero-order valence-electron chi connectivity index (χ0n) is 13.8. The quantitative estimate of drug-likeness (QED) is 0.832. The van der Waals surface area contributed by atoms with Gasteiger partial charge in [-0.05, 0) is 19.1 Å². The number of nitrogens with one attached hydrogen (secondary N) is 1. The van der Waals surface area contributed by atoms with Crippen LogP contribution in [0.15, 0.2) is 18.2 Å². The molecule has 1 aromatic carbocycles. The molecule has 0 unspecified atom stereocenters. The van der Waals surface area contributed by atoms with Crippen molar-refractivity contribution in [3.63, 3.8) is 0 Å². The highest BCUT2D eigenvalue weighted by Gasteiger charge is 2.25. The first-order chi connectivity index (χ1) is 11.9. The summed E-state index contributed by atoms with van der Waals surface area (Å²) in [6.45, 7) is 3.25.